The van der Waals surface area contributed by atoms with E-state index in [0.29, 0.717) is 31.5 Å². The molecule has 1 aromatic heterocycles. The lowest BCUT2D eigenvalue weighted by Gasteiger charge is -2.35. The van der Waals surface area contributed by atoms with Crippen molar-refractivity contribution in [2.75, 3.05) is 44.7 Å². The van der Waals surface area contributed by atoms with E-state index in [2.05, 4.69) is 45.7 Å². The zero-order chi connectivity index (χ0) is 19.8. The minimum absolute atomic E-state index is 0.0120. The summed E-state index contributed by atoms with van der Waals surface area (Å²) < 4.78 is 0. The van der Waals surface area contributed by atoms with Crippen molar-refractivity contribution < 1.29 is 9.59 Å². The van der Waals surface area contributed by atoms with Gasteiger partial charge < -0.3 is 20.4 Å². The van der Waals surface area contributed by atoms with Crippen molar-refractivity contribution in [1.29, 1.82) is 0 Å². The van der Waals surface area contributed by atoms with Gasteiger partial charge in [-0.3, -0.25) is 9.59 Å². The monoisotopic (exact) mass is 400 g/mol. The fourth-order valence-electron chi connectivity index (χ4n) is 3.24. The summed E-state index contributed by atoms with van der Waals surface area (Å²) >= 11 is 1.50. The van der Waals surface area contributed by atoms with Crippen LogP contribution >= 0.6 is 11.3 Å². The number of para-hydroxylation sites is 1. The third-order valence-electron chi connectivity index (χ3n) is 4.96. The van der Waals surface area contributed by atoms with Crippen molar-refractivity contribution in [2.45, 2.75) is 19.4 Å². The van der Waals surface area contributed by atoms with E-state index in [1.807, 2.05) is 16.8 Å². The van der Waals surface area contributed by atoms with Crippen LogP contribution in [0, 0.1) is 0 Å². The molecule has 2 amide bonds. The molecule has 2 heterocycles. The molecule has 0 radical (unpaired) electrons. The first-order chi connectivity index (χ1) is 13.6. The number of rotatable bonds is 8. The molecule has 7 heteroatoms. The maximum Gasteiger partial charge on any atom is 0.252 e. The van der Waals surface area contributed by atoms with Crippen molar-refractivity contribution >= 4 is 28.8 Å². The summed E-state index contributed by atoms with van der Waals surface area (Å²) in [5, 5.41) is 9.56. The molecule has 6 nitrogen and oxygen atoms in total. The van der Waals surface area contributed by atoms with Gasteiger partial charge in [-0.05, 0) is 36.5 Å². The minimum Gasteiger partial charge on any atom is -0.369 e. The molecule has 0 aliphatic carbocycles. The summed E-state index contributed by atoms with van der Waals surface area (Å²) in [4.78, 5) is 28.8. The molecule has 0 spiro atoms. The zero-order valence-corrected chi connectivity index (χ0v) is 17.1. The third-order valence-corrected chi connectivity index (χ3v) is 5.64. The molecule has 0 saturated carbocycles. The van der Waals surface area contributed by atoms with Crippen LogP contribution < -0.4 is 15.5 Å². The SMILES string of the molecule is CN1CCN(c2ccccc2CNC(=O)CCCNC(=O)c2ccsc2)CC1. The van der Waals surface area contributed by atoms with Crippen LogP contribution in [-0.2, 0) is 11.3 Å². The Kier molecular flexibility index (Phi) is 7.45. The quantitative estimate of drug-likeness (QED) is 0.668. The fourth-order valence-corrected chi connectivity index (χ4v) is 3.88. The highest BCUT2D eigenvalue weighted by Crippen LogP contribution is 2.21. The summed E-state index contributed by atoms with van der Waals surface area (Å²) in [7, 11) is 2.15. The number of piperazine rings is 1. The molecule has 150 valence electrons. The first-order valence-corrected chi connectivity index (χ1v) is 10.7. The van der Waals surface area contributed by atoms with Crippen LogP contribution in [0.5, 0.6) is 0 Å². The Morgan fingerprint density at radius 2 is 1.86 bits per heavy atom. The van der Waals surface area contributed by atoms with Crippen molar-refractivity contribution in [1.82, 2.24) is 15.5 Å². The summed E-state index contributed by atoms with van der Waals surface area (Å²) in [5.74, 6) is -0.0688. The number of hydrogen-bond acceptors (Lipinski definition) is 5. The molecule has 1 aromatic carbocycles. The van der Waals surface area contributed by atoms with Gasteiger partial charge in [-0.25, -0.2) is 0 Å². The maximum atomic E-state index is 12.2. The van der Waals surface area contributed by atoms with E-state index in [4.69, 9.17) is 0 Å². The van der Waals surface area contributed by atoms with Crippen LogP contribution in [0.15, 0.2) is 41.1 Å². The number of amides is 2. The molecule has 3 rings (SSSR count). The highest BCUT2D eigenvalue weighted by molar-refractivity contribution is 7.08. The largest absolute Gasteiger partial charge is 0.369 e. The zero-order valence-electron chi connectivity index (χ0n) is 16.3. The molecule has 28 heavy (non-hydrogen) atoms. The van der Waals surface area contributed by atoms with Crippen LogP contribution in [0.1, 0.15) is 28.8 Å². The molecule has 0 atom stereocenters. The number of thiophene rings is 1. The lowest BCUT2D eigenvalue weighted by molar-refractivity contribution is -0.121. The van der Waals surface area contributed by atoms with Crippen molar-refractivity contribution in [2.24, 2.45) is 0 Å². The van der Waals surface area contributed by atoms with E-state index >= 15 is 0 Å². The van der Waals surface area contributed by atoms with E-state index < -0.39 is 0 Å². The predicted molar refractivity (Wildman–Crippen MR) is 114 cm³/mol. The summed E-state index contributed by atoms with van der Waals surface area (Å²) in [6.45, 7) is 5.15. The molecule has 0 unspecified atom stereocenters. The predicted octanol–water partition coefficient (Wildman–Crippen LogP) is 2.33. The number of carbonyl (C=O) groups excluding carboxylic acids is 2. The van der Waals surface area contributed by atoms with Gasteiger partial charge in [0.15, 0.2) is 0 Å². The number of anilines is 1. The lowest BCUT2D eigenvalue weighted by atomic mass is 10.1. The Balaban J connectivity index is 1.40. The van der Waals surface area contributed by atoms with E-state index in [1.165, 1.54) is 17.0 Å². The van der Waals surface area contributed by atoms with Gasteiger partial charge in [-0.1, -0.05) is 18.2 Å². The number of nitrogens with one attached hydrogen (secondary N) is 2. The molecule has 1 aliphatic heterocycles. The maximum absolute atomic E-state index is 12.2. The fraction of sp³-hybridized carbons (Fsp3) is 0.429. The molecule has 1 aliphatic rings. The molecule has 0 bridgehead atoms. The number of nitrogens with zero attached hydrogens (tertiary/aromatic N) is 2. The molecule has 1 saturated heterocycles. The van der Waals surface area contributed by atoms with E-state index in [9.17, 15) is 9.59 Å². The van der Waals surface area contributed by atoms with Crippen molar-refractivity contribution in [3.63, 3.8) is 0 Å². The summed E-state index contributed by atoms with van der Waals surface area (Å²) in [6, 6.07) is 10.1. The van der Waals surface area contributed by atoms with Gasteiger partial charge in [-0.15, -0.1) is 0 Å². The number of likely N-dealkylation sites (N-methyl/N-ethyl adjacent to an activating group) is 1. The molecular weight excluding hydrogens is 372 g/mol. The first-order valence-electron chi connectivity index (χ1n) is 9.72. The number of benzene rings is 1. The van der Waals surface area contributed by atoms with Crippen LogP contribution in [0.25, 0.3) is 0 Å². The van der Waals surface area contributed by atoms with Crippen molar-refractivity contribution in [3.8, 4) is 0 Å². The van der Waals surface area contributed by atoms with Gasteiger partial charge in [0.2, 0.25) is 5.91 Å². The second-order valence-electron chi connectivity index (χ2n) is 7.07. The highest BCUT2D eigenvalue weighted by Gasteiger charge is 2.16. The molecule has 2 aromatic rings. The standard InChI is InChI=1S/C21H28N4O2S/c1-24-10-12-25(13-11-24)19-6-3-2-5-17(19)15-23-20(26)7-4-9-22-21(27)18-8-14-28-16-18/h2-3,5-6,8,14,16H,4,7,9-13,15H2,1H3,(H,22,27)(H,23,26). The summed E-state index contributed by atoms with van der Waals surface area (Å²) in [6.07, 6.45) is 1.03. The van der Waals surface area contributed by atoms with Crippen LogP contribution in [0.4, 0.5) is 5.69 Å². The topological polar surface area (TPSA) is 64.7 Å². The van der Waals surface area contributed by atoms with Crippen LogP contribution in [0.3, 0.4) is 0 Å². The van der Waals surface area contributed by atoms with Crippen LogP contribution in [-0.4, -0.2) is 56.5 Å². The van der Waals surface area contributed by atoms with E-state index in [1.54, 1.807) is 6.07 Å². The van der Waals surface area contributed by atoms with Gasteiger partial charge in [0, 0.05) is 62.3 Å². The van der Waals surface area contributed by atoms with Gasteiger partial charge >= 0.3 is 0 Å². The van der Waals surface area contributed by atoms with E-state index in [-0.39, 0.29) is 11.8 Å². The average molecular weight is 401 g/mol. The van der Waals surface area contributed by atoms with Crippen molar-refractivity contribution in [3.05, 3.63) is 52.2 Å². The molecule has 1 fully saturated rings. The third kappa shape index (κ3) is 5.81. The first kappa shape index (κ1) is 20.4. The number of carbonyl (C=O) groups is 2. The highest BCUT2D eigenvalue weighted by atomic mass is 32.1. The lowest BCUT2D eigenvalue weighted by Crippen LogP contribution is -2.45. The summed E-state index contributed by atoms with van der Waals surface area (Å²) in [5.41, 5.74) is 3.03. The Morgan fingerprint density at radius 3 is 2.61 bits per heavy atom. The Labute approximate surface area is 170 Å². The Hall–Kier alpha value is -2.38. The van der Waals surface area contributed by atoms with Gasteiger partial charge in [-0.2, -0.15) is 11.3 Å². The average Bonchev–Trinajstić information content (AvgIpc) is 3.25. The smallest absolute Gasteiger partial charge is 0.252 e. The second-order valence-corrected chi connectivity index (χ2v) is 7.85. The molecular formula is C21H28N4O2S. The Morgan fingerprint density at radius 1 is 1.07 bits per heavy atom. The van der Waals surface area contributed by atoms with Gasteiger partial charge in [0.05, 0.1) is 0 Å². The Bertz CT molecular complexity index is 770. The second kappa shape index (κ2) is 10.2. The van der Waals surface area contributed by atoms with Gasteiger partial charge in [0.25, 0.3) is 5.91 Å². The minimum atomic E-state index is -0.0808. The molecule has 2 N–H and O–H groups in total. The van der Waals surface area contributed by atoms with Crippen LogP contribution in [0.2, 0.25) is 0 Å². The van der Waals surface area contributed by atoms with Gasteiger partial charge in [0.1, 0.15) is 0 Å². The number of hydrogen-bond donors (Lipinski definition) is 2. The normalized spacial score (nSPS) is 14.7. The van der Waals surface area contributed by atoms with E-state index in [0.717, 1.165) is 31.7 Å².